The molecule has 1 heterocycles. The minimum absolute atomic E-state index is 0.00504. The zero-order valence-corrected chi connectivity index (χ0v) is 24.2. The van der Waals surface area contributed by atoms with Crippen molar-refractivity contribution in [2.24, 2.45) is 0 Å². The molecule has 0 bridgehead atoms. The van der Waals surface area contributed by atoms with Gasteiger partial charge < -0.3 is 15.4 Å². The number of anilines is 2. The molecule has 0 saturated carbocycles. The second-order valence-corrected chi connectivity index (χ2v) is 10.7. The summed E-state index contributed by atoms with van der Waals surface area (Å²) in [6.45, 7) is 1.74. The largest absolute Gasteiger partial charge is 0.465 e. The molecule has 1 saturated heterocycles. The third kappa shape index (κ3) is 7.35. The number of benzene rings is 3. The lowest BCUT2D eigenvalue weighted by atomic mass is 10.1. The van der Waals surface area contributed by atoms with Crippen LogP contribution in [0.15, 0.2) is 65.6 Å². The van der Waals surface area contributed by atoms with Gasteiger partial charge in [0.15, 0.2) is 0 Å². The lowest BCUT2D eigenvalue weighted by molar-refractivity contribution is -0.123. The zero-order chi connectivity index (χ0) is 29.7. The molecule has 0 aromatic heterocycles. The van der Waals surface area contributed by atoms with Gasteiger partial charge in [0, 0.05) is 23.6 Å². The number of hydrogen-bond donors (Lipinski definition) is 2. The van der Waals surface area contributed by atoms with Crippen molar-refractivity contribution < 1.29 is 28.7 Å². The maximum Gasteiger partial charge on any atom is 0.339 e. The van der Waals surface area contributed by atoms with E-state index in [0.717, 1.165) is 27.8 Å². The van der Waals surface area contributed by atoms with Gasteiger partial charge in [0.05, 0.1) is 34.0 Å². The number of hydrogen-bond acceptors (Lipinski definition) is 7. The van der Waals surface area contributed by atoms with Crippen molar-refractivity contribution in [1.29, 1.82) is 0 Å². The van der Waals surface area contributed by atoms with Crippen LogP contribution in [0.4, 0.5) is 16.2 Å². The fourth-order valence-corrected chi connectivity index (χ4v) is 5.10. The third-order valence-corrected chi connectivity index (χ3v) is 7.39. The Balaban J connectivity index is 1.46. The van der Waals surface area contributed by atoms with E-state index in [1.165, 1.54) is 37.4 Å². The van der Waals surface area contributed by atoms with Crippen molar-refractivity contribution in [2.75, 3.05) is 24.3 Å². The highest BCUT2D eigenvalue weighted by atomic mass is 35.5. The van der Waals surface area contributed by atoms with Gasteiger partial charge in [-0.15, -0.1) is 0 Å². The first kappa shape index (κ1) is 29.9. The SMILES string of the molecule is COC(=O)c1ccc(C(=O)Nc2cc(Cl)ccc2Cl)cc1NC(=O)CCN1C(=O)S/C(=C\c2cccc(C)c2)C1=O. The second kappa shape index (κ2) is 13.0. The van der Waals surface area contributed by atoms with E-state index in [4.69, 9.17) is 27.9 Å². The molecule has 4 rings (SSSR count). The number of amides is 4. The van der Waals surface area contributed by atoms with E-state index >= 15 is 0 Å². The third-order valence-electron chi connectivity index (χ3n) is 5.91. The van der Waals surface area contributed by atoms with Gasteiger partial charge >= 0.3 is 5.97 Å². The standard InChI is InChI=1S/C29H23Cl2N3O6S/c1-16-4-3-5-17(12-16)13-24-27(37)34(29(39)41-24)11-10-25(35)32-22-14-18(6-8-20(22)28(38)40-2)26(36)33-23-15-19(30)7-9-21(23)31/h3-9,12-15H,10-11H2,1-2H3,(H,32,35)(H,33,36)/b24-13-. The number of ether oxygens (including phenoxy) is 1. The molecule has 9 nitrogen and oxygen atoms in total. The summed E-state index contributed by atoms with van der Waals surface area (Å²) in [5.74, 6) is -2.40. The van der Waals surface area contributed by atoms with Gasteiger partial charge in [-0.25, -0.2) is 4.79 Å². The van der Waals surface area contributed by atoms with Crippen molar-refractivity contribution in [3.8, 4) is 0 Å². The molecule has 0 unspecified atom stereocenters. The first-order valence-electron chi connectivity index (χ1n) is 12.2. The van der Waals surface area contributed by atoms with Crippen LogP contribution in [-0.2, 0) is 14.3 Å². The van der Waals surface area contributed by atoms with E-state index < -0.39 is 28.9 Å². The summed E-state index contributed by atoms with van der Waals surface area (Å²) in [6, 6.07) is 16.1. The monoisotopic (exact) mass is 611 g/mol. The lowest BCUT2D eigenvalue weighted by Crippen LogP contribution is -2.31. The molecule has 0 radical (unpaired) electrons. The summed E-state index contributed by atoms with van der Waals surface area (Å²) in [5, 5.41) is 5.35. The molecular weight excluding hydrogens is 589 g/mol. The summed E-state index contributed by atoms with van der Waals surface area (Å²) in [7, 11) is 1.18. The van der Waals surface area contributed by atoms with Crippen LogP contribution in [-0.4, -0.2) is 47.5 Å². The maximum absolute atomic E-state index is 12.9. The highest BCUT2D eigenvalue weighted by Crippen LogP contribution is 2.32. The fraction of sp³-hybridized carbons (Fsp3) is 0.138. The molecule has 1 aliphatic heterocycles. The Labute approximate surface area is 249 Å². The topological polar surface area (TPSA) is 122 Å². The predicted molar refractivity (Wildman–Crippen MR) is 159 cm³/mol. The van der Waals surface area contributed by atoms with Crippen LogP contribution in [0.5, 0.6) is 0 Å². The minimum atomic E-state index is -0.739. The van der Waals surface area contributed by atoms with E-state index in [2.05, 4.69) is 10.6 Å². The van der Waals surface area contributed by atoms with E-state index in [-0.39, 0.29) is 45.4 Å². The molecule has 12 heteroatoms. The molecule has 1 fully saturated rings. The van der Waals surface area contributed by atoms with Crippen molar-refractivity contribution in [2.45, 2.75) is 13.3 Å². The number of methoxy groups -OCH3 is 1. The van der Waals surface area contributed by atoms with Gasteiger partial charge in [-0.3, -0.25) is 24.1 Å². The Bertz CT molecular complexity index is 1610. The number of carbonyl (C=O) groups excluding carboxylic acids is 5. The first-order valence-corrected chi connectivity index (χ1v) is 13.7. The second-order valence-electron chi connectivity index (χ2n) is 8.88. The molecule has 3 aromatic rings. The van der Waals surface area contributed by atoms with Gasteiger partial charge in [-0.2, -0.15) is 0 Å². The van der Waals surface area contributed by atoms with Crippen LogP contribution >= 0.6 is 35.0 Å². The van der Waals surface area contributed by atoms with Crippen LogP contribution < -0.4 is 10.6 Å². The van der Waals surface area contributed by atoms with Crippen molar-refractivity contribution in [3.05, 3.63) is 97.9 Å². The Morgan fingerprint density at radius 3 is 2.49 bits per heavy atom. The average Bonchev–Trinajstić information content (AvgIpc) is 3.20. The maximum atomic E-state index is 12.9. The summed E-state index contributed by atoms with van der Waals surface area (Å²) in [4.78, 5) is 64.6. The molecule has 0 atom stereocenters. The van der Waals surface area contributed by atoms with Gasteiger partial charge in [-0.1, -0.05) is 53.0 Å². The zero-order valence-electron chi connectivity index (χ0n) is 21.8. The lowest BCUT2D eigenvalue weighted by Gasteiger charge is -2.15. The predicted octanol–water partition coefficient (Wildman–Crippen LogP) is 6.41. The molecule has 0 spiro atoms. The Hall–Kier alpha value is -4.12. The number of rotatable bonds is 8. The number of thioether (sulfide) groups is 1. The highest BCUT2D eigenvalue weighted by molar-refractivity contribution is 8.18. The smallest absolute Gasteiger partial charge is 0.339 e. The number of aryl methyl sites for hydroxylation is 1. The normalized spacial score (nSPS) is 13.9. The van der Waals surface area contributed by atoms with Crippen LogP contribution in [0.1, 0.15) is 38.3 Å². The van der Waals surface area contributed by atoms with E-state index in [0.29, 0.717) is 5.02 Å². The Kier molecular flexibility index (Phi) is 9.49. The fourth-order valence-electron chi connectivity index (χ4n) is 3.89. The van der Waals surface area contributed by atoms with Crippen molar-refractivity contribution in [3.63, 3.8) is 0 Å². The average molecular weight is 612 g/mol. The van der Waals surface area contributed by atoms with E-state index in [1.807, 2.05) is 31.2 Å². The molecule has 4 amide bonds. The summed E-state index contributed by atoms with van der Waals surface area (Å²) in [6.07, 6.45) is 1.39. The minimum Gasteiger partial charge on any atom is -0.465 e. The van der Waals surface area contributed by atoms with Gasteiger partial charge in [0.25, 0.3) is 17.1 Å². The van der Waals surface area contributed by atoms with Crippen LogP contribution in [0.2, 0.25) is 10.0 Å². The Morgan fingerprint density at radius 1 is 0.976 bits per heavy atom. The van der Waals surface area contributed by atoms with Gasteiger partial charge in [0.1, 0.15) is 0 Å². The van der Waals surface area contributed by atoms with Crippen LogP contribution in [0.3, 0.4) is 0 Å². The Morgan fingerprint density at radius 2 is 1.76 bits per heavy atom. The quantitative estimate of drug-likeness (QED) is 0.223. The summed E-state index contributed by atoms with van der Waals surface area (Å²) in [5.41, 5.74) is 2.20. The number of halogens is 2. The molecule has 210 valence electrons. The molecular formula is C29H23Cl2N3O6S. The van der Waals surface area contributed by atoms with Gasteiger partial charge in [0.2, 0.25) is 5.91 Å². The summed E-state index contributed by atoms with van der Waals surface area (Å²) >= 11 is 12.9. The molecule has 41 heavy (non-hydrogen) atoms. The number of imide groups is 1. The highest BCUT2D eigenvalue weighted by Gasteiger charge is 2.35. The van der Waals surface area contributed by atoms with Crippen molar-refractivity contribution >= 4 is 81.3 Å². The number of nitrogens with zero attached hydrogens (tertiary/aromatic N) is 1. The van der Waals surface area contributed by atoms with Gasteiger partial charge in [-0.05, 0) is 66.7 Å². The van der Waals surface area contributed by atoms with E-state index in [9.17, 15) is 24.0 Å². The first-order chi connectivity index (χ1) is 19.5. The van der Waals surface area contributed by atoms with E-state index in [1.54, 1.807) is 12.1 Å². The van der Waals surface area contributed by atoms with Crippen LogP contribution in [0, 0.1) is 6.92 Å². The van der Waals surface area contributed by atoms with Crippen LogP contribution in [0.25, 0.3) is 6.08 Å². The molecule has 0 aliphatic carbocycles. The molecule has 2 N–H and O–H groups in total. The van der Waals surface area contributed by atoms with Crippen molar-refractivity contribution in [1.82, 2.24) is 4.90 Å². The summed E-state index contributed by atoms with van der Waals surface area (Å²) < 4.78 is 4.79. The number of nitrogens with one attached hydrogen (secondary N) is 2. The number of esters is 1. The number of carbonyl (C=O) groups is 5. The molecule has 3 aromatic carbocycles. The molecule has 1 aliphatic rings.